The lowest BCUT2D eigenvalue weighted by molar-refractivity contribution is 0.183. The van der Waals surface area contributed by atoms with Crippen molar-refractivity contribution in [2.24, 2.45) is 10.7 Å². The van der Waals surface area contributed by atoms with Crippen LogP contribution in [0.1, 0.15) is 39.0 Å². The van der Waals surface area contributed by atoms with E-state index < -0.39 is 13.9 Å². The molecule has 1 aromatic carbocycles. The second kappa shape index (κ2) is 13.4. The number of rotatable bonds is 10. The fourth-order valence-corrected chi connectivity index (χ4v) is 4.18. The van der Waals surface area contributed by atoms with Gasteiger partial charge in [0.25, 0.3) is 0 Å². The summed E-state index contributed by atoms with van der Waals surface area (Å²) in [5, 5.41) is 0.113. The minimum atomic E-state index is -1.88. The normalized spacial score (nSPS) is 12.9. The SMILES string of the molecule is C=C(C)/C=C(/C#C[Si](C)(C)C(C)(C)C)N(C)C(Cc1ccc(Oc2nccc(C)n2)c(F)c1)N(C)C=NC(=C)N. The number of hydrogen-bond donors (Lipinski definition) is 1. The molecule has 0 saturated heterocycles. The number of aliphatic imine (C=N–C) groups is 1. The van der Waals surface area contributed by atoms with Gasteiger partial charge in [0.05, 0.1) is 12.0 Å². The molecule has 40 heavy (non-hydrogen) atoms. The Hall–Kier alpha value is -3.90. The zero-order valence-corrected chi connectivity index (χ0v) is 26.3. The number of halogens is 1. The van der Waals surface area contributed by atoms with E-state index in [1.54, 1.807) is 24.7 Å². The lowest BCUT2D eigenvalue weighted by atomic mass is 10.1. The van der Waals surface area contributed by atoms with Gasteiger partial charge in [0.15, 0.2) is 11.6 Å². The molecule has 0 radical (unpaired) electrons. The van der Waals surface area contributed by atoms with Gasteiger partial charge in [-0.3, -0.25) is 0 Å². The second-order valence-corrected chi connectivity index (χ2v) is 16.5. The van der Waals surface area contributed by atoms with E-state index in [1.807, 2.05) is 45.0 Å². The second-order valence-electron chi connectivity index (χ2n) is 11.5. The summed E-state index contributed by atoms with van der Waals surface area (Å²) in [7, 11) is 1.97. The zero-order valence-electron chi connectivity index (χ0n) is 25.3. The first-order chi connectivity index (χ1) is 18.5. The molecule has 214 valence electrons. The van der Waals surface area contributed by atoms with E-state index in [-0.39, 0.29) is 28.8 Å². The molecule has 1 aromatic heterocycles. The van der Waals surface area contributed by atoms with Crippen LogP contribution in [0.3, 0.4) is 0 Å². The summed E-state index contributed by atoms with van der Waals surface area (Å²) in [6.45, 7) is 22.7. The zero-order chi connectivity index (χ0) is 30.3. The summed E-state index contributed by atoms with van der Waals surface area (Å²) in [5.74, 6) is 3.19. The van der Waals surface area contributed by atoms with Crippen molar-refractivity contribution in [2.45, 2.75) is 65.3 Å². The van der Waals surface area contributed by atoms with Crippen molar-refractivity contribution in [2.75, 3.05) is 14.1 Å². The smallest absolute Gasteiger partial charge is 0.322 e. The Bertz CT molecular complexity index is 1350. The number of hydrogen-bond acceptors (Lipinski definition) is 6. The highest BCUT2D eigenvalue weighted by molar-refractivity contribution is 6.87. The lowest BCUT2D eigenvalue weighted by Crippen LogP contribution is -2.45. The van der Waals surface area contributed by atoms with Crippen LogP contribution in [0.4, 0.5) is 4.39 Å². The molecule has 0 fully saturated rings. The Morgan fingerprint density at radius 1 is 1.25 bits per heavy atom. The number of aryl methyl sites for hydroxylation is 1. The molecule has 1 heterocycles. The Balaban J connectivity index is 2.47. The summed E-state index contributed by atoms with van der Waals surface area (Å²) < 4.78 is 20.7. The van der Waals surface area contributed by atoms with Gasteiger partial charge in [-0.15, -0.1) is 5.54 Å². The molecule has 2 N–H and O–H groups in total. The van der Waals surface area contributed by atoms with Gasteiger partial charge in [-0.1, -0.05) is 64.6 Å². The maximum Gasteiger partial charge on any atom is 0.322 e. The van der Waals surface area contributed by atoms with Gasteiger partial charge in [0, 0.05) is 32.4 Å². The van der Waals surface area contributed by atoms with Crippen molar-refractivity contribution in [3.8, 4) is 23.2 Å². The van der Waals surface area contributed by atoms with Crippen LogP contribution >= 0.6 is 0 Å². The summed E-state index contributed by atoms with van der Waals surface area (Å²) in [6.07, 6.45) is 5.32. The van der Waals surface area contributed by atoms with Crippen molar-refractivity contribution in [3.63, 3.8) is 0 Å². The van der Waals surface area contributed by atoms with E-state index in [9.17, 15) is 0 Å². The van der Waals surface area contributed by atoms with Crippen molar-refractivity contribution >= 4 is 14.4 Å². The van der Waals surface area contributed by atoms with Gasteiger partial charge >= 0.3 is 6.01 Å². The molecule has 2 rings (SSSR count). The average molecular weight is 563 g/mol. The molecular formula is C31H43FN6OSi. The molecule has 7 nitrogen and oxygen atoms in total. The van der Waals surface area contributed by atoms with Crippen molar-refractivity contribution in [3.05, 3.63) is 83.9 Å². The number of allylic oxidation sites excluding steroid dienone is 3. The Kier molecular flexibility index (Phi) is 10.9. The first-order valence-electron chi connectivity index (χ1n) is 13.1. The quantitative estimate of drug-likeness (QED) is 0.0899. The van der Waals surface area contributed by atoms with E-state index in [0.29, 0.717) is 6.42 Å². The number of benzene rings is 1. The largest absolute Gasteiger partial charge is 0.421 e. The molecule has 1 unspecified atom stereocenters. The van der Waals surface area contributed by atoms with Crippen LogP contribution in [-0.4, -0.2) is 54.4 Å². The third kappa shape index (κ3) is 9.38. The summed E-state index contributed by atoms with van der Waals surface area (Å²) >= 11 is 0. The fraction of sp³-hybridized carbons (Fsp3) is 0.387. The molecule has 0 bridgehead atoms. The van der Waals surface area contributed by atoms with E-state index in [4.69, 9.17) is 10.5 Å². The number of likely N-dealkylation sites (N-methyl/N-ethyl adjacent to an activating group) is 2. The molecule has 0 amide bonds. The third-order valence-electron chi connectivity index (χ3n) is 6.85. The summed E-state index contributed by atoms with van der Waals surface area (Å²) in [5.41, 5.74) is 12.5. The minimum absolute atomic E-state index is 0.0525. The minimum Gasteiger partial charge on any atom is -0.421 e. The first-order valence-corrected chi connectivity index (χ1v) is 16.1. The van der Waals surface area contributed by atoms with Gasteiger partial charge in [-0.25, -0.2) is 19.4 Å². The average Bonchev–Trinajstić information content (AvgIpc) is 2.84. The first kappa shape index (κ1) is 32.3. The van der Waals surface area contributed by atoms with E-state index in [0.717, 1.165) is 22.5 Å². The maximum atomic E-state index is 15.1. The van der Waals surface area contributed by atoms with Crippen LogP contribution in [0.25, 0.3) is 0 Å². The summed E-state index contributed by atoms with van der Waals surface area (Å²) in [6, 6.07) is 6.71. The van der Waals surface area contributed by atoms with Crippen LogP contribution < -0.4 is 10.5 Å². The standard InChI is InChI=1S/C31H43FN6OSi/c1-22(2)18-26(15-17-40(10,11)31(5,6)7)38(9)29(37(8)21-35-24(4)33)20-25-12-13-28(27(32)19-25)39-30-34-16-14-23(3)36-30/h12-14,16,18-19,21,29H,1,4,20,33H2,2-3,5-11H3/b26-18-,35-21?. The van der Waals surface area contributed by atoms with Crippen LogP contribution in [0, 0.1) is 24.2 Å². The van der Waals surface area contributed by atoms with Crippen molar-refractivity contribution in [1.82, 2.24) is 19.8 Å². The molecule has 0 aliphatic heterocycles. The van der Waals surface area contributed by atoms with Crippen LogP contribution in [0.2, 0.25) is 18.1 Å². The molecule has 0 aliphatic rings. The number of ether oxygens (including phenoxy) is 1. The van der Waals surface area contributed by atoms with E-state index >= 15 is 4.39 Å². The molecule has 2 aromatic rings. The van der Waals surface area contributed by atoms with Crippen LogP contribution in [0.5, 0.6) is 11.8 Å². The topological polar surface area (TPSA) is 79.9 Å². The van der Waals surface area contributed by atoms with E-state index in [2.05, 4.69) is 78.3 Å². The number of aromatic nitrogens is 2. The van der Waals surface area contributed by atoms with Crippen molar-refractivity contribution in [1.29, 1.82) is 0 Å². The van der Waals surface area contributed by atoms with E-state index in [1.165, 1.54) is 6.07 Å². The highest BCUT2D eigenvalue weighted by Crippen LogP contribution is 2.35. The Morgan fingerprint density at radius 3 is 2.48 bits per heavy atom. The number of nitrogens with two attached hydrogens (primary N) is 1. The van der Waals surface area contributed by atoms with Gasteiger partial charge in [0.1, 0.15) is 20.1 Å². The van der Waals surface area contributed by atoms with Gasteiger partial charge in [-0.05, 0) is 48.7 Å². The Morgan fingerprint density at radius 2 is 1.93 bits per heavy atom. The van der Waals surface area contributed by atoms with Gasteiger partial charge in [0.2, 0.25) is 0 Å². The van der Waals surface area contributed by atoms with Gasteiger partial charge < -0.3 is 20.3 Å². The molecule has 0 spiro atoms. The van der Waals surface area contributed by atoms with Crippen LogP contribution in [-0.2, 0) is 6.42 Å². The van der Waals surface area contributed by atoms with Gasteiger partial charge in [-0.2, -0.15) is 0 Å². The molecule has 1 atom stereocenters. The highest BCUT2D eigenvalue weighted by atomic mass is 28.3. The van der Waals surface area contributed by atoms with Crippen LogP contribution in [0.15, 0.2) is 71.8 Å². The highest BCUT2D eigenvalue weighted by Gasteiger charge is 2.34. The molecule has 0 saturated carbocycles. The number of nitrogens with zero attached hydrogens (tertiary/aromatic N) is 5. The molecular weight excluding hydrogens is 519 g/mol. The Labute approximate surface area is 240 Å². The predicted molar refractivity (Wildman–Crippen MR) is 166 cm³/mol. The third-order valence-corrected chi connectivity index (χ3v) is 11.4. The molecule has 9 heteroatoms. The molecule has 0 aliphatic carbocycles. The summed E-state index contributed by atoms with van der Waals surface area (Å²) in [4.78, 5) is 16.4. The predicted octanol–water partition coefficient (Wildman–Crippen LogP) is 6.42. The fourth-order valence-electron chi connectivity index (χ4n) is 3.36. The lowest BCUT2D eigenvalue weighted by Gasteiger charge is -2.36. The monoisotopic (exact) mass is 562 g/mol. The maximum absolute atomic E-state index is 15.1. The van der Waals surface area contributed by atoms with Crippen molar-refractivity contribution < 1.29 is 9.13 Å².